The molecule has 0 bridgehead atoms. The van der Waals surface area contributed by atoms with Gasteiger partial charge in [0.2, 0.25) is 0 Å². The Hall–Kier alpha value is -1.15. The summed E-state index contributed by atoms with van der Waals surface area (Å²) in [6.45, 7) is 1.75. The second-order valence-corrected chi connectivity index (χ2v) is 2.88. The van der Waals surface area contributed by atoms with E-state index >= 15 is 0 Å². The van der Waals surface area contributed by atoms with Crippen molar-refractivity contribution in [3.05, 3.63) is 42.2 Å². The topological polar surface area (TPSA) is 27.0 Å². The highest BCUT2D eigenvalue weighted by atomic mass is 14.9. The molecule has 0 fully saturated rings. The summed E-state index contributed by atoms with van der Waals surface area (Å²) < 4.78 is 0. The molecule has 1 unspecified atom stereocenters. The Kier molecular flexibility index (Phi) is 2.19. The Labute approximate surface area is 72.3 Å². The molecular formula is C10H11N2. The third-order valence-corrected chi connectivity index (χ3v) is 2.00. The summed E-state index contributed by atoms with van der Waals surface area (Å²) in [5.74, 6) is 0.403. The lowest BCUT2D eigenvalue weighted by molar-refractivity contribution is 0.639. The number of nitrogens with zero attached hydrogens (tertiary/aromatic N) is 2. The Morgan fingerprint density at radius 1 is 1.33 bits per heavy atom. The molecule has 0 amide bonds. The van der Waals surface area contributed by atoms with E-state index in [0.717, 1.165) is 18.8 Å². The van der Waals surface area contributed by atoms with Gasteiger partial charge in [0.05, 0.1) is 0 Å². The van der Waals surface area contributed by atoms with Gasteiger partial charge in [-0.1, -0.05) is 18.2 Å². The maximum atomic E-state index is 4.31. The van der Waals surface area contributed by atoms with E-state index in [4.69, 9.17) is 0 Å². The summed E-state index contributed by atoms with van der Waals surface area (Å²) in [6.07, 6.45) is 6.12. The third kappa shape index (κ3) is 1.53. The van der Waals surface area contributed by atoms with Gasteiger partial charge in [-0.15, -0.1) is 0 Å². The maximum Gasteiger partial charge on any atom is 0.0485 e. The van der Waals surface area contributed by atoms with Crippen LogP contribution in [0.1, 0.15) is 11.6 Å². The molecule has 1 aromatic rings. The molecule has 0 aliphatic carbocycles. The normalized spacial score (nSPS) is 22.5. The quantitative estimate of drug-likeness (QED) is 0.568. The molecular weight excluding hydrogens is 148 g/mol. The first-order valence-corrected chi connectivity index (χ1v) is 4.17. The van der Waals surface area contributed by atoms with Crippen molar-refractivity contribution in [3.63, 3.8) is 0 Å². The number of hydrogen-bond donors (Lipinski definition) is 0. The second-order valence-electron chi connectivity index (χ2n) is 2.88. The Balaban J connectivity index is 2.19. The summed E-state index contributed by atoms with van der Waals surface area (Å²) >= 11 is 0. The molecule has 0 saturated carbocycles. The molecule has 2 heterocycles. The first kappa shape index (κ1) is 7.50. The van der Waals surface area contributed by atoms with Crippen molar-refractivity contribution in [3.8, 4) is 0 Å². The van der Waals surface area contributed by atoms with Gasteiger partial charge in [-0.05, 0) is 12.1 Å². The van der Waals surface area contributed by atoms with Crippen LogP contribution in [0, 0.1) is 0 Å². The molecule has 1 aliphatic heterocycles. The lowest BCUT2D eigenvalue weighted by Gasteiger charge is -2.14. The van der Waals surface area contributed by atoms with Crippen LogP contribution in [0.5, 0.6) is 0 Å². The largest absolute Gasteiger partial charge is 0.261 e. The average molecular weight is 159 g/mol. The molecule has 0 N–H and O–H groups in total. The fraction of sp³-hybridized carbons (Fsp3) is 0.300. The van der Waals surface area contributed by atoms with Gasteiger partial charge in [-0.3, -0.25) is 4.98 Å². The molecule has 61 valence electrons. The highest BCUT2D eigenvalue weighted by Crippen LogP contribution is 2.15. The third-order valence-electron chi connectivity index (χ3n) is 2.00. The van der Waals surface area contributed by atoms with Crippen LogP contribution in [0.3, 0.4) is 0 Å². The summed E-state index contributed by atoms with van der Waals surface area (Å²) in [5, 5.41) is 4.31. The zero-order chi connectivity index (χ0) is 8.23. The van der Waals surface area contributed by atoms with Gasteiger partial charge in [-0.25, -0.2) is 5.32 Å². The first-order valence-electron chi connectivity index (χ1n) is 4.17. The number of aromatic nitrogens is 1. The smallest absolute Gasteiger partial charge is 0.0485 e. The van der Waals surface area contributed by atoms with Gasteiger partial charge in [0.1, 0.15) is 0 Å². The van der Waals surface area contributed by atoms with Gasteiger partial charge >= 0.3 is 0 Å². The minimum absolute atomic E-state index is 0.403. The first-order chi connectivity index (χ1) is 5.97. The molecule has 0 spiro atoms. The number of pyridine rings is 1. The molecule has 0 aromatic carbocycles. The summed E-state index contributed by atoms with van der Waals surface area (Å²) in [6, 6.07) is 6.01. The van der Waals surface area contributed by atoms with E-state index in [1.165, 1.54) is 0 Å². The minimum Gasteiger partial charge on any atom is -0.261 e. The van der Waals surface area contributed by atoms with Crippen LogP contribution in [0.25, 0.3) is 0 Å². The van der Waals surface area contributed by atoms with Crippen LogP contribution >= 0.6 is 0 Å². The lowest BCUT2D eigenvalue weighted by Crippen LogP contribution is -2.18. The van der Waals surface area contributed by atoms with Gasteiger partial charge in [0, 0.05) is 30.9 Å². The van der Waals surface area contributed by atoms with Crippen LogP contribution in [0.2, 0.25) is 0 Å². The summed E-state index contributed by atoms with van der Waals surface area (Å²) in [7, 11) is 0. The van der Waals surface area contributed by atoms with E-state index in [9.17, 15) is 0 Å². The maximum absolute atomic E-state index is 4.31. The molecule has 2 heteroatoms. The van der Waals surface area contributed by atoms with Gasteiger partial charge < -0.3 is 0 Å². The average Bonchev–Trinajstić information content (AvgIpc) is 2.21. The summed E-state index contributed by atoms with van der Waals surface area (Å²) in [5.41, 5.74) is 1.12. The van der Waals surface area contributed by atoms with Crippen molar-refractivity contribution >= 4 is 0 Å². The SMILES string of the molecule is C1=CC(c2ccccn2)C[N]C1. The minimum atomic E-state index is 0.403. The van der Waals surface area contributed by atoms with Gasteiger partial charge in [0.25, 0.3) is 0 Å². The highest BCUT2D eigenvalue weighted by molar-refractivity contribution is 5.18. The van der Waals surface area contributed by atoms with E-state index in [2.05, 4.69) is 28.5 Å². The van der Waals surface area contributed by atoms with E-state index in [1.807, 2.05) is 18.3 Å². The van der Waals surface area contributed by atoms with Crippen LogP contribution in [-0.4, -0.2) is 18.1 Å². The van der Waals surface area contributed by atoms with Crippen molar-refractivity contribution in [2.24, 2.45) is 0 Å². The fourth-order valence-electron chi connectivity index (χ4n) is 1.36. The predicted octanol–water partition coefficient (Wildman–Crippen LogP) is 1.34. The van der Waals surface area contributed by atoms with E-state index in [-0.39, 0.29) is 0 Å². The molecule has 2 nitrogen and oxygen atoms in total. The van der Waals surface area contributed by atoms with Crippen molar-refractivity contribution in [1.82, 2.24) is 10.3 Å². The number of rotatable bonds is 1. The van der Waals surface area contributed by atoms with Crippen molar-refractivity contribution in [2.75, 3.05) is 13.1 Å². The lowest BCUT2D eigenvalue weighted by atomic mass is 10.0. The monoisotopic (exact) mass is 159 g/mol. The van der Waals surface area contributed by atoms with Crippen molar-refractivity contribution < 1.29 is 0 Å². The Morgan fingerprint density at radius 2 is 2.33 bits per heavy atom. The van der Waals surface area contributed by atoms with E-state index in [0.29, 0.717) is 5.92 Å². The highest BCUT2D eigenvalue weighted by Gasteiger charge is 2.11. The molecule has 1 aromatic heterocycles. The van der Waals surface area contributed by atoms with Crippen LogP contribution < -0.4 is 5.32 Å². The Bertz CT molecular complexity index is 266. The van der Waals surface area contributed by atoms with Gasteiger partial charge in [0.15, 0.2) is 0 Å². The van der Waals surface area contributed by atoms with Crippen molar-refractivity contribution in [2.45, 2.75) is 5.92 Å². The zero-order valence-corrected chi connectivity index (χ0v) is 6.85. The molecule has 1 atom stereocenters. The number of hydrogen-bond acceptors (Lipinski definition) is 1. The van der Waals surface area contributed by atoms with Gasteiger partial charge in [-0.2, -0.15) is 0 Å². The molecule has 2 rings (SSSR count). The van der Waals surface area contributed by atoms with Crippen molar-refractivity contribution in [1.29, 1.82) is 0 Å². The standard InChI is InChI=1S/C10H11N2/c1-2-7-12-10(5-1)9-4-3-6-11-8-9/h1-5,7,9H,6,8H2. The van der Waals surface area contributed by atoms with E-state index in [1.54, 1.807) is 0 Å². The fourth-order valence-corrected chi connectivity index (χ4v) is 1.36. The molecule has 1 radical (unpaired) electrons. The molecule has 12 heavy (non-hydrogen) atoms. The van der Waals surface area contributed by atoms with E-state index < -0.39 is 0 Å². The Morgan fingerprint density at radius 3 is 3.00 bits per heavy atom. The van der Waals surface area contributed by atoms with Crippen LogP contribution in [0.15, 0.2) is 36.5 Å². The molecule has 0 saturated heterocycles. The summed E-state index contributed by atoms with van der Waals surface area (Å²) in [4.78, 5) is 4.29. The second kappa shape index (κ2) is 3.50. The molecule has 1 aliphatic rings. The van der Waals surface area contributed by atoms with Crippen LogP contribution in [-0.2, 0) is 0 Å². The van der Waals surface area contributed by atoms with Crippen LogP contribution in [0.4, 0.5) is 0 Å². The zero-order valence-electron chi connectivity index (χ0n) is 6.85. The predicted molar refractivity (Wildman–Crippen MR) is 48.0 cm³/mol.